The van der Waals surface area contributed by atoms with Crippen LogP contribution in [0.25, 0.3) is 0 Å². The molecule has 5 heteroatoms. The second kappa shape index (κ2) is 5.46. The number of nitrogens with zero attached hydrogens (tertiary/aromatic N) is 2. The zero-order valence-corrected chi connectivity index (χ0v) is 14.5. The van der Waals surface area contributed by atoms with Crippen molar-refractivity contribution in [1.82, 2.24) is 9.96 Å². The van der Waals surface area contributed by atoms with Crippen molar-refractivity contribution in [2.24, 2.45) is 17.8 Å². The number of carbonyl (C=O) groups excluding carboxylic acids is 1. The van der Waals surface area contributed by atoms with Crippen LogP contribution in [0.1, 0.15) is 53.4 Å². The molecule has 0 radical (unpaired) electrons. The third-order valence-corrected chi connectivity index (χ3v) is 6.12. The minimum absolute atomic E-state index is 0.155. The molecule has 2 aliphatic heterocycles. The summed E-state index contributed by atoms with van der Waals surface area (Å²) < 4.78 is 0. The molecule has 0 aromatic heterocycles. The SMILES string of the molecule is CC(C)[C@@H]1CC[C@@H](C)C[C@@]12N(C)C(=O)[C@@H]1C[C@@H]([C@@H](C)O)ON12. The average Bonchev–Trinajstić information content (AvgIpc) is 2.96. The Hall–Kier alpha value is -0.650. The van der Waals surface area contributed by atoms with Crippen LogP contribution in [0.15, 0.2) is 0 Å². The Morgan fingerprint density at radius 2 is 2.00 bits per heavy atom. The molecule has 126 valence electrons. The van der Waals surface area contributed by atoms with Gasteiger partial charge in [0.2, 0.25) is 5.91 Å². The predicted molar refractivity (Wildman–Crippen MR) is 83.6 cm³/mol. The van der Waals surface area contributed by atoms with E-state index in [2.05, 4.69) is 20.8 Å². The zero-order valence-electron chi connectivity index (χ0n) is 14.5. The van der Waals surface area contributed by atoms with Crippen LogP contribution in [0.4, 0.5) is 0 Å². The van der Waals surface area contributed by atoms with Crippen molar-refractivity contribution in [3.63, 3.8) is 0 Å². The van der Waals surface area contributed by atoms with Crippen LogP contribution < -0.4 is 0 Å². The lowest BCUT2D eigenvalue weighted by Gasteiger charge is -2.52. The molecule has 0 aromatic rings. The zero-order chi connectivity index (χ0) is 16.2. The highest BCUT2D eigenvalue weighted by Crippen LogP contribution is 2.53. The molecule has 1 spiro atoms. The smallest absolute Gasteiger partial charge is 0.243 e. The summed E-state index contributed by atoms with van der Waals surface area (Å²) in [5.74, 6) is 1.65. The predicted octanol–water partition coefficient (Wildman–Crippen LogP) is 2.00. The van der Waals surface area contributed by atoms with Crippen LogP contribution >= 0.6 is 0 Å². The van der Waals surface area contributed by atoms with Gasteiger partial charge < -0.3 is 10.0 Å². The van der Waals surface area contributed by atoms with Gasteiger partial charge in [-0.25, -0.2) is 0 Å². The third-order valence-electron chi connectivity index (χ3n) is 6.12. The Bertz CT molecular complexity index is 453. The first-order valence-corrected chi connectivity index (χ1v) is 8.71. The average molecular weight is 310 g/mol. The number of hydrogen-bond acceptors (Lipinski definition) is 4. The summed E-state index contributed by atoms with van der Waals surface area (Å²) in [6.07, 6.45) is 3.10. The van der Waals surface area contributed by atoms with Crippen molar-refractivity contribution in [1.29, 1.82) is 0 Å². The van der Waals surface area contributed by atoms with Crippen molar-refractivity contribution >= 4 is 5.91 Å². The minimum Gasteiger partial charge on any atom is -0.391 e. The van der Waals surface area contributed by atoms with E-state index < -0.39 is 6.10 Å². The minimum atomic E-state index is -0.542. The summed E-state index contributed by atoms with van der Waals surface area (Å²) >= 11 is 0. The van der Waals surface area contributed by atoms with Crippen LogP contribution in [0.3, 0.4) is 0 Å². The second-order valence-corrected chi connectivity index (χ2v) is 7.97. The van der Waals surface area contributed by atoms with Crippen LogP contribution in [-0.2, 0) is 9.63 Å². The molecule has 22 heavy (non-hydrogen) atoms. The molecule has 0 unspecified atom stereocenters. The maximum absolute atomic E-state index is 12.8. The molecule has 6 atom stereocenters. The summed E-state index contributed by atoms with van der Waals surface area (Å²) in [5.41, 5.74) is -0.336. The van der Waals surface area contributed by atoms with Crippen LogP contribution in [0.5, 0.6) is 0 Å². The molecule has 0 bridgehead atoms. The van der Waals surface area contributed by atoms with Gasteiger partial charge in [0.05, 0.1) is 6.10 Å². The monoisotopic (exact) mass is 310 g/mol. The molecule has 1 saturated carbocycles. The fourth-order valence-corrected chi connectivity index (χ4v) is 4.96. The topological polar surface area (TPSA) is 53.0 Å². The highest BCUT2D eigenvalue weighted by atomic mass is 16.7. The number of carbonyl (C=O) groups is 1. The van der Waals surface area contributed by atoms with Crippen LogP contribution in [0, 0.1) is 17.8 Å². The van der Waals surface area contributed by atoms with Crippen molar-refractivity contribution in [3.8, 4) is 0 Å². The summed E-state index contributed by atoms with van der Waals surface area (Å²) in [6, 6.07) is -0.226. The molecular weight excluding hydrogens is 280 g/mol. The molecule has 2 saturated heterocycles. The first-order valence-electron chi connectivity index (χ1n) is 8.71. The van der Waals surface area contributed by atoms with Gasteiger partial charge in [0, 0.05) is 19.4 Å². The molecule has 3 fully saturated rings. The van der Waals surface area contributed by atoms with Gasteiger partial charge in [-0.2, -0.15) is 5.06 Å². The summed E-state index contributed by atoms with van der Waals surface area (Å²) in [4.78, 5) is 20.9. The Balaban J connectivity index is 2.00. The molecule has 1 amide bonds. The largest absolute Gasteiger partial charge is 0.391 e. The van der Waals surface area contributed by atoms with Crippen molar-refractivity contribution < 1.29 is 14.7 Å². The van der Waals surface area contributed by atoms with E-state index >= 15 is 0 Å². The van der Waals surface area contributed by atoms with Gasteiger partial charge in [0.1, 0.15) is 17.8 Å². The van der Waals surface area contributed by atoms with E-state index in [4.69, 9.17) is 4.84 Å². The number of rotatable bonds is 2. The number of amides is 1. The molecular formula is C17H30N2O3. The van der Waals surface area contributed by atoms with Crippen LogP contribution in [0.2, 0.25) is 0 Å². The number of aliphatic hydroxyl groups excluding tert-OH is 1. The van der Waals surface area contributed by atoms with Gasteiger partial charge in [0.25, 0.3) is 0 Å². The Morgan fingerprint density at radius 1 is 1.32 bits per heavy atom. The van der Waals surface area contributed by atoms with E-state index in [0.29, 0.717) is 24.2 Å². The van der Waals surface area contributed by atoms with E-state index in [1.807, 2.05) is 17.0 Å². The summed E-state index contributed by atoms with van der Waals surface area (Å²) in [7, 11) is 1.94. The molecule has 1 aliphatic carbocycles. The number of fused-ring (bicyclic) bond motifs is 2. The van der Waals surface area contributed by atoms with Gasteiger partial charge in [-0.3, -0.25) is 9.63 Å². The third kappa shape index (κ3) is 2.13. The Morgan fingerprint density at radius 3 is 2.59 bits per heavy atom. The second-order valence-electron chi connectivity index (χ2n) is 7.97. The van der Waals surface area contributed by atoms with Gasteiger partial charge >= 0.3 is 0 Å². The van der Waals surface area contributed by atoms with E-state index in [9.17, 15) is 9.90 Å². The first-order chi connectivity index (χ1) is 10.3. The van der Waals surface area contributed by atoms with Gasteiger partial charge in [0.15, 0.2) is 0 Å². The van der Waals surface area contributed by atoms with Gasteiger partial charge in [-0.05, 0) is 31.6 Å². The highest BCUT2D eigenvalue weighted by Gasteiger charge is 2.64. The number of aliphatic hydroxyl groups is 1. The first kappa shape index (κ1) is 16.2. The number of hydrogen-bond donors (Lipinski definition) is 1. The molecule has 0 aromatic carbocycles. The van der Waals surface area contributed by atoms with Gasteiger partial charge in [-0.15, -0.1) is 0 Å². The standard InChI is InChI=1S/C17H30N2O3/c1-10(2)13-7-6-11(3)9-17(13)18(5)16(21)14-8-15(12(4)20)22-19(14)17/h10-15,20H,6-9H2,1-5H3/t11-,12-,13+,14+,15+,17+/m1/s1. The van der Waals surface area contributed by atoms with E-state index in [0.717, 1.165) is 12.8 Å². The van der Waals surface area contributed by atoms with Crippen molar-refractivity contribution in [2.45, 2.75) is 77.3 Å². The highest BCUT2D eigenvalue weighted by molar-refractivity contribution is 5.85. The van der Waals surface area contributed by atoms with Gasteiger partial charge in [-0.1, -0.05) is 27.2 Å². The van der Waals surface area contributed by atoms with Crippen LogP contribution in [-0.4, -0.2) is 51.9 Å². The maximum atomic E-state index is 12.8. The summed E-state index contributed by atoms with van der Waals surface area (Å²) in [6.45, 7) is 8.51. The quantitative estimate of drug-likeness (QED) is 0.847. The van der Waals surface area contributed by atoms with E-state index in [1.54, 1.807) is 6.92 Å². The Labute approximate surface area is 133 Å². The van der Waals surface area contributed by atoms with Crippen molar-refractivity contribution in [2.75, 3.05) is 7.05 Å². The maximum Gasteiger partial charge on any atom is 0.243 e. The molecule has 3 rings (SSSR count). The molecule has 1 N–H and O–H groups in total. The van der Waals surface area contributed by atoms with E-state index in [1.165, 1.54) is 6.42 Å². The number of likely N-dealkylation sites (N-methyl/N-ethyl adjacent to an activating group) is 1. The summed E-state index contributed by atoms with van der Waals surface area (Å²) in [5, 5.41) is 11.9. The fourth-order valence-electron chi connectivity index (χ4n) is 4.96. The Kier molecular flexibility index (Phi) is 4.03. The van der Waals surface area contributed by atoms with Crippen molar-refractivity contribution in [3.05, 3.63) is 0 Å². The normalized spacial score (nSPS) is 44.1. The molecule has 5 nitrogen and oxygen atoms in total. The lowest BCUT2D eigenvalue weighted by molar-refractivity contribution is -0.273. The lowest BCUT2D eigenvalue weighted by atomic mass is 9.69. The number of hydroxylamine groups is 2. The van der Waals surface area contributed by atoms with E-state index in [-0.39, 0.29) is 23.7 Å². The lowest BCUT2D eigenvalue weighted by Crippen LogP contribution is -2.61. The molecule has 3 aliphatic rings. The fraction of sp³-hybridized carbons (Fsp3) is 0.941. The molecule has 2 heterocycles.